The first-order valence-corrected chi connectivity index (χ1v) is 4.75. The predicted octanol–water partition coefficient (Wildman–Crippen LogP) is 2.85. The van der Waals surface area contributed by atoms with Gasteiger partial charge in [-0.15, -0.1) is 0 Å². The van der Waals surface area contributed by atoms with Crippen LogP contribution in [-0.4, -0.2) is 12.2 Å². The lowest BCUT2D eigenvalue weighted by atomic mass is 9.84. The van der Waals surface area contributed by atoms with Crippen molar-refractivity contribution in [1.29, 1.82) is 0 Å². The van der Waals surface area contributed by atoms with Crippen molar-refractivity contribution in [1.82, 2.24) is 0 Å². The Morgan fingerprint density at radius 1 is 1.09 bits per heavy atom. The molecule has 1 nitrogen and oxygen atoms in total. The summed E-state index contributed by atoms with van der Waals surface area (Å²) in [6.07, 6.45) is 3.46. The summed E-state index contributed by atoms with van der Waals surface area (Å²) in [6.45, 7) is 9.00. The van der Waals surface area contributed by atoms with Gasteiger partial charge in [-0.1, -0.05) is 13.8 Å². The summed E-state index contributed by atoms with van der Waals surface area (Å²) in [6, 6.07) is 0. The molecule has 0 aromatic carbocycles. The Morgan fingerprint density at radius 3 is 1.91 bits per heavy atom. The van der Waals surface area contributed by atoms with Crippen molar-refractivity contribution < 1.29 is 4.74 Å². The van der Waals surface area contributed by atoms with Crippen LogP contribution in [0.15, 0.2) is 0 Å². The Labute approximate surface area is 70.1 Å². The van der Waals surface area contributed by atoms with Crippen molar-refractivity contribution in [2.45, 2.75) is 52.7 Å². The molecule has 0 N–H and O–H groups in total. The fourth-order valence-electron chi connectivity index (χ4n) is 2.00. The molecule has 1 rings (SSSR count). The highest BCUT2D eigenvalue weighted by molar-refractivity contribution is 4.75. The second-order valence-corrected chi connectivity index (χ2v) is 4.23. The first kappa shape index (κ1) is 9.05. The van der Waals surface area contributed by atoms with Crippen LogP contribution >= 0.6 is 0 Å². The molecule has 1 fully saturated rings. The van der Waals surface area contributed by atoms with Crippen LogP contribution in [-0.2, 0) is 4.74 Å². The molecule has 2 atom stereocenters. The van der Waals surface area contributed by atoms with E-state index in [1.54, 1.807) is 0 Å². The maximum atomic E-state index is 5.67. The second-order valence-electron chi connectivity index (χ2n) is 4.23. The van der Waals surface area contributed by atoms with Crippen molar-refractivity contribution in [2.75, 3.05) is 0 Å². The summed E-state index contributed by atoms with van der Waals surface area (Å²) < 4.78 is 5.67. The van der Waals surface area contributed by atoms with Crippen LogP contribution in [0.3, 0.4) is 0 Å². The first-order valence-electron chi connectivity index (χ1n) is 4.75. The lowest BCUT2D eigenvalue weighted by Gasteiger charge is -2.34. The molecule has 0 aromatic rings. The molecule has 11 heavy (non-hydrogen) atoms. The van der Waals surface area contributed by atoms with E-state index >= 15 is 0 Å². The van der Waals surface area contributed by atoms with Gasteiger partial charge in [0.1, 0.15) is 0 Å². The fraction of sp³-hybridized carbons (Fsp3) is 1.00. The minimum atomic E-state index is 0.478. The topological polar surface area (TPSA) is 9.23 Å². The molecule has 0 unspecified atom stereocenters. The summed E-state index contributed by atoms with van der Waals surface area (Å²) in [7, 11) is 0. The maximum Gasteiger partial charge on any atom is 0.0553 e. The Hall–Kier alpha value is -0.0400. The van der Waals surface area contributed by atoms with E-state index in [1.807, 2.05) is 0 Å². The molecule has 0 aliphatic carbocycles. The molecule has 1 heteroatoms. The van der Waals surface area contributed by atoms with Crippen LogP contribution in [0.5, 0.6) is 0 Å². The van der Waals surface area contributed by atoms with E-state index in [0.29, 0.717) is 12.2 Å². The van der Waals surface area contributed by atoms with Gasteiger partial charge in [0.15, 0.2) is 0 Å². The largest absolute Gasteiger partial charge is 0.376 e. The minimum absolute atomic E-state index is 0.478. The van der Waals surface area contributed by atoms with Crippen LogP contribution in [0.1, 0.15) is 40.5 Å². The fourth-order valence-corrected chi connectivity index (χ4v) is 2.00. The Bertz CT molecular complexity index is 110. The monoisotopic (exact) mass is 156 g/mol. The number of rotatable bonds is 1. The van der Waals surface area contributed by atoms with Gasteiger partial charge in [-0.3, -0.25) is 0 Å². The zero-order chi connectivity index (χ0) is 8.43. The maximum absolute atomic E-state index is 5.67. The first-order chi connectivity index (χ1) is 5.09. The van der Waals surface area contributed by atoms with Gasteiger partial charge in [-0.05, 0) is 38.5 Å². The minimum Gasteiger partial charge on any atom is -0.376 e. The zero-order valence-electron chi connectivity index (χ0n) is 8.13. The van der Waals surface area contributed by atoms with Crippen LogP contribution in [0.2, 0.25) is 0 Å². The van der Waals surface area contributed by atoms with Crippen LogP contribution in [0.25, 0.3) is 0 Å². The Morgan fingerprint density at radius 2 is 1.55 bits per heavy atom. The highest BCUT2D eigenvalue weighted by Crippen LogP contribution is 2.29. The number of ether oxygens (including phenoxy) is 1. The molecule has 1 aliphatic rings. The van der Waals surface area contributed by atoms with Crippen molar-refractivity contribution in [3.63, 3.8) is 0 Å². The van der Waals surface area contributed by atoms with E-state index in [1.165, 1.54) is 12.8 Å². The average molecular weight is 156 g/mol. The summed E-state index contributed by atoms with van der Waals surface area (Å²) >= 11 is 0. The van der Waals surface area contributed by atoms with Gasteiger partial charge in [0, 0.05) is 0 Å². The molecule has 0 amide bonds. The van der Waals surface area contributed by atoms with Gasteiger partial charge in [0.2, 0.25) is 0 Å². The predicted molar refractivity (Wildman–Crippen MR) is 47.6 cm³/mol. The van der Waals surface area contributed by atoms with Crippen molar-refractivity contribution in [2.24, 2.45) is 11.8 Å². The van der Waals surface area contributed by atoms with E-state index in [-0.39, 0.29) is 0 Å². The van der Waals surface area contributed by atoms with Crippen molar-refractivity contribution in [3.8, 4) is 0 Å². The molecule has 0 radical (unpaired) electrons. The quantitative estimate of drug-likeness (QED) is 0.567. The molecule has 0 aromatic heterocycles. The summed E-state index contributed by atoms with van der Waals surface area (Å²) in [4.78, 5) is 0. The van der Waals surface area contributed by atoms with Gasteiger partial charge in [-0.2, -0.15) is 0 Å². The summed E-state index contributed by atoms with van der Waals surface area (Å²) in [5, 5.41) is 0. The molecule has 1 aliphatic heterocycles. The van der Waals surface area contributed by atoms with Gasteiger partial charge >= 0.3 is 0 Å². The molecule has 1 heterocycles. The highest BCUT2D eigenvalue weighted by atomic mass is 16.5. The van der Waals surface area contributed by atoms with Crippen LogP contribution in [0, 0.1) is 11.8 Å². The number of hydrogen-bond acceptors (Lipinski definition) is 1. The van der Waals surface area contributed by atoms with Crippen LogP contribution < -0.4 is 0 Å². The van der Waals surface area contributed by atoms with Crippen molar-refractivity contribution >= 4 is 0 Å². The molecule has 66 valence electrons. The molecule has 0 bridgehead atoms. The van der Waals surface area contributed by atoms with Gasteiger partial charge < -0.3 is 4.74 Å². The average Bonchev–Trinajstić information content (AvgIpc) is 1.85. The lowest BCUT2D eigenvalue weighted by molar-refractivity contribution is -0.0605. The Kier molecular flexibility index (Phi) is 2.94. The molecule has 0 saturated carbocycles. The Balaban J connectivity index is 2.43. The summed E-state index contributed by atoms with van der Waals surface area (Å²) in [5.74, 6) is 1.71. The van der Waals surface area contributed by atoms with E-state index in [9.17, 15) is 0 Å². The third-order valence-electron chi connectivity index (χ3n) is 2.68. The smallest absolute Gasteiger partial charge is 0.0553 e. The van der Waals surface area contributed by atoms with E-state index in [0.717, 1.165) is 11.8 Å². The van der Waals surface area contributed by atoms with Gasteiger partial charge in [-0.25, -0.2) is 0 Å². The number of hydrogen-bond donors (Lipinski definition) is 0. The molecular formula is C10H20O. The molecule has 0 spiro atoms. The van der Waals surface area contributed by atoms with Crippen LogP contribution in [0.4, 0.5) is 0 Å². The van der Waals surface area contributed by atoms with Gasteiger partial charge in [0.05, 0.1) is 12.2 Å². The van der Waals surface area contributed by atoms with Gasteiger partial charge in [0.25, 0.3) is 0 Å². The van der Waals surface area contributed by atoms with E-state index in [4.69, 9.17) is 4.74 Å². The third kappa shape index (κ3) is 2.48. The normalized spacial score (nSPS) is 39.5. The SMILES string of the molecule is CC(C)C1C[C@@H](C)O[C@H](C)C1. The second kappa shape index (κ2) is 3.57. The lowest BCUT2D eigenvalue weighted by Crippen LogP contribution is -2.31. The summed E-state index contributed by atoms with van der Waals surface area (Å²) in [5.41, 5.74) is 0. The standard InChI is InChI=1S/C10H20O/c1-7(2)10-5-8(3)11-9(4)6-10/h7-10H,5-6H2,1-4H3/t8-,9-/m1/s1. The zero-order valence-corrected chi connectivity index (χ0v) is 8.13. The van der Waals surface area contributed by atoms with Crippen molar-refractivity contribution in [3.05, 3.63) is 0 Å². The highest BCUT2D eigenvalue weighted by Gasteiger charge is 2.25. The molecular weight excluding hydrogens is 136 g/mol. The van der Waals surface area contributed by atoms with E-state index in [2.05, 4.69) is 27.7 Å². The van der Waals surface area contributed by atoms with E-state index < -0.39 is 0 Å². The third-order valence-corrected chi connectivity index (χ3v) is 2.68. The molecule has 1 saturated heterocycles.